The maximum Gasteiger partial charge on any atom is 0.416 e. The highest BCUT2D eigenvalue weighted by molar-refractivity contribution is 9.10. The van der Waals surface area contributed by atoms with Gasteiger partial charge in [-0.05, 0) is 42.0 Å². The predicted molar refractivity (Wildman–Crippen MR) is 82.9 cm³/mol. The van der Waals surface area contributed by atoms with Crippen molar-refractivity contribution >= 4 is 44.8 Å². The molecule has 0 radical (unpaired) electrons. The third-order valence-corrected chi connectivity index (χ3v) is 4.11. The number of hydrogen-bond donors (Lipinski definition) is 1. The minimum Gasteiger partial charge on any atom is -0.380 e. The molecular weight excluding hydrogens is 390 g/mol. The Morgan fingerprint density at radius 2 is 1.76 bits per heavy atom. The molecule has 2 aromatic rings. The summed E-state index contributed by atoms with van der Waals surface area (Å²) in [5, 5.41) is 3.66. The first-order chi connectivity index (χ1) is 9.77. The third-order valence-electron chi connectivity index (χ3n) is 2.77. The van der Waals surface area contributed by atoms with Gasteiger partial charge in [-0.25, -0.2) is 0 Å². The van der Waals surface area contributed by atoms with E-state index in [-0.39, 0.29) is 10.7 Å². The van der Waals surface area contributed by atoms with Crippen molar-refractivity contribution in [3.05, 3.63) is 62.0 Å². The van der Waals surface area contributed by atoms with E-state index in [1.165, 1.54) is 6.07 Å². The van der Waals surface area contributed by atoms with E-state index in [2.05, 4.69) is 21.2 Å². The topological polar surface area (TPSA) is 12.0 Å². The van der Waals surface area contributed by atoms with Crippen molar-refractivity contribution in [1.29, 1.82) is 0 Å². The average Bonchev–Trinajstić information content (AvgIpc) is 2.40. The van der Waals surface area contributed by atoms with Gasteiger partial charge in [-0.3, -0.25) is 0 Å². The van der Waals surface area contributed by atoms with Crippen molar-refractivity contribution in [3.63, 3.8) is 0 Å². The Morgan fingerprint density at radius 1 is 1.05 bits per heavy atom. The predicted octanol–water partition coefficient (Wildman–Crippen LogP) is 6.39. The molecule has 0 saturated heterocycles. The van der Waals surface area contributed by atoms with Crippen LogP contribution in [0.5, 0.6) is 0 Å². The molecule has 0 amide bonds. The van der Waals surface area contributed by atoms with Gasteiger partial charge in [0.15, 0.2) is 0 Å². The van der Waals surface area contributed by atoms with Gasteiger partial charge >= 0.3 is 6.18 Å². The van der Waals surface area contributed by atoms with Gasteiger partial charge in [-0.15, -0.1) is 0 Å². The number of nitrogens with one attached hydrogen (secondary N) is 1. The lowest BCUT2D eigenvalue weighted by molar-refractivity contribution is -0.137. The number of halogens is 6. The van der Waals surface area contributed by atoms with E-state index < -0.39 is 11.7 Å². The zero-order valence-corrected chi connectivity index (χ0v) is 13.5. The van der Waals surface area contributed by atoms with Gasteiger partial charge in [0.25, 0.3) is 0 Å². The molecule has 0 atom stereocenters. The molecule has 0 heterocycles. The zero-order chi connectivity index (χ0) is 15.6. The monoisotopic (exact) mass is 397 g/mol. The second-order valence-electron chi connectivity index (χ2n) is 4.28. The SMILES string of the molecule is FC(F)(F)c1ccc(Cl)c(NCc2cc(Cl)ccc2Br)c1. The third kappa shape index (κ3) is 4.28. The summed E-state index contributed by atoms with van der Waals surface area (Å²) in [6, 6.07) is 8.36. The Morgan fingerprint density at radius 3 is 2.43 bits per heavy atom. The summed E-state index contributed by atoms with van der Waals surface area (Å²) in [5.41, 5.74) is 0.286. The Kier molecular flexibility index (Phi) is 5.07. The van der Waals surface area contributed by atoms with E-state index in [0.717, 1.165) is 22.2 Å². The maximum atomic E-state index is 12.7. The molecule has 0 aromatic heterocycles. The molecule has 0 bridgehead atoms. The number of rotatable bonds is 3. The van der Waals surface area contributed by atoms with Gasteiger partial charge in [-0.1, -0.05) is 39.1 Å². The Bertz CT molecular complexity index is 659. The summed E-state index contributed by atoms with van der Waals surface area (Å²) in [5.74, 6) is 0. The summed E-state index contributed by atoms with van der Waals surface area (Å²) >= 11 is 15.2. The van der Waals surface area contributed by atoms with E-state index in [4.69, 9.17) is 23.2 Å². The van der Waals surface area contributed by atoms with Crippen LogP contribution in [0.2, 0.25) is 10.0 Å². The minimum atomic E-state index is -4.41. The molecule has 0 aliphatic rings. The molecule has 1 N–H and O–H groups in total. The Labute approximate surface area is 138 Å². The van der Waals surface area contributed by atoms with Gasteiger partial charge in [-0.2, -0.15) is 13.2 Å². The molecule has 21 heavy (non-hydrogen) atoms. The van der Waals surface area contributed by atoms with E-state index in [1.807, 2.05) is 0 Å². The van der Waals surface area contributed by atoms with Crippen LogP contribution in [0.15, 0.2) is 40.9 Å². The quantitative estimate of drug-likeness (QED) is 0.631. The first kappa shape index (κ1) is 16.5. The first-order valence-corrected chi connectivity index (χ1v) is 7.37. The van der Waals surface area contributed by atoms with Gasteiger partial charge in [0, 0.05) is 16.0 Å². The van der Waals surface area contributed by atoms with E-state index in [1.54, 1.807) is 18.2 Å². The van der Waals surface area contributed by atoms with Gasteiger partial charge in [0.2, 0.25) is 0 Å². The molecule has 0 unspecified atom stereocenters. The standard InChI is InChI=1S/C14H9BrCl2F3N/c15-11-3-2-10(16)5-8(11)7-21-13-6-9(14(18,19)20)1-4-12(13)17/h1-6,21H,7H2. The highest BCUT2D eigenvalue weighted by atomic mass is 79.9. The lowest BCUT2D eigenvalue weighted by Crippen LogP contribution is -2.07. The van der Waals surface area contributed by atoms with Crippen molar-refractivity contribution in [2.24, 2.45) is 0 Å². The van der Waals surface area contributed by atoms with Crippen molar-refractivity contribution in [3.8, 4) is 0 Å². The number of benzene rings is 2. The summed E-state index contributed by atoms with van der Waals surface area (Å²) < 4.78 is 38.9. The molecular formula is C14H9BrCl2F3N. The number of anilines is 1. The van der Waals surface area contributed by atoms with Crippen molar-refractivity contribution < 1.29 is 13.2 Å². The highest BCUT2D eigenvalue weighted by Gasteiger charge is 2.30. The largest absolute Gasteiger partial charge is 0.416 e. The van der Waals surface area contributed by atoms with Crippen molar-refractivity contribution in [2.45, 2.75) is 12.7 Å². The van der Waals surface area contributed by atoms with E-state index in [9.17, 15) is 13.2 Å². The number of hydrogen-bond acceptors (Lipinski definition) is 1. The summed E-state index contributed by atoms with van der Waals surface area (Å²) in [6.07, 6.45) is -4.41. The average molecular weight is 399 g/mol. The molecule has 1 nitrogen and oxygen atoms in total. The second kappa shape index (κ2) is 6.46. The van der Waals surface area contributed by atoms with Crippen LogP contribution in [0, 0.1) is 0 Å². The summed E-state index contributed by atoms with van der Waals surface area (Å²) in [6.45, 7) is 0.294. The Balaban J connectivity index is 2.22. The molecule has 0 saturated carbocycles. The van der Waals surface area contributed by atoms with Gasteiger partial charge in [0.05, 0.1) is 16.3 Å². The smallest absolute Gasteiger partial charge is 0.380 e. The van der Waals surface area contributed by atoms with Crippen LogP contribution < -0.4 is 5.32 Å². The molecule has 0 fully saturated rings. The normalized spacial score (nSPS) is 11.5. The molecule has 0 aliphatic heterocycles. The fourth-order valence-electron chi connectivity index (χ4n) is 1.71. The van der Waals surface area contributed by atoms with Gasteiger partial charge < -0.3 is 5.32 Å². The van der Waals surface area contributed by atoms with Crippen LogP contribution in [0.3, 0.4) is 0 Å². The lowest BCUT2D eigenvalue weighted by atomic mass is 10.1. The Hall–Kier alpha value is -0.910. The van der Waals surface area contributed by atoms with Crippen LogP contribution in [0.4, 0.5) is 18.9 Å². The lowest BCUT2D eigenvalue weighted by Gasteiger charge is -2.13. The van der Waals surface area contributed by atoms with Crippen LogP contribution in [-0.2, 0) is 12.7 Å². The molecule has 2 aromatic carbocycles. The van der Waals surface area contributed by atoms with Crippen molar-refractivity contribution in [1.82, 2.24) is 0 Å². The molecule has 112 valence electrons. The highest BCUT2D eigenvalue weighted by Crippen LogP contribution is 2.34. The van der Waals surface area contributed by atoms with E-state index in [0.29, 0.717) is 11.6 Å². The molecule has 0 spiro atoms. The second-order valence-corrected chi connectivity index (χ2v) is 5.98. The fraction of sp³-hybridized carbons (Fsp3) is 0.143. The number of alkyl halides is 3. The van der Waals surface area contributed by atoms with Crippen molar-refractivity contribution in [2.75, 3.05) is 5.32 Å². The fourth-order valence-corrected chi connectivity index (χ4v) is 2.47. The summed E-state index contributed by atoms with van der Waals surface area (Å²) in [4.78, 5) is 0. The minimum absolute atomic E-state index is 0.221. The summed E-state index contributed by atoms with van der Waals surface area (Å²) in [7, 11) is 0. The molecule has 2 rings (SSSR count). The molecule has 0 aliphatic carbocycles. The van der Waals surface area contributed by atoms with Crippen LogP contribution in [-0.4, -0.2) is 0 Å². The van der Waals surface area contributed by atoms with Crippen LogP contribution in [0.1, 0.15) is 11.1 Å². The van der Waals surface area contributed by atoms with Crippen LogP contribution in [0.25, 0.3) is 0 Å². The maximum absolute atomic E-state index is 12.7. The van der Waals surface area contributed by atoms with Crippen LogP contribution >= 0.6 is 39.1 Å². The molecule has 7 heteroatoms. The van der Waals surface area contributed by atoms with Gasteiger partial charge in [0.1, 0.15) is 0 Å². The first-order valence-electron chi connectivity index (χ1n) is 5.82. The zero-order valence-electron chi connectivity index (χ0n) is 10.4. The van der Waals surface area contributed by atoms with E-state index >= 15 is 0 Å².